The van der Waals surface area contributed by atoms with E-state index in [0.717, 1.165) is 18.4 Å². The summed E-state index contributed by atoms with van der Waals surface area (Å²) < 4.78 is 5.28. The number of hydrogen-bond acceptors (Lipinski definition) is 3. The molecule has 5 heteroatoms. The van der Waals surface area contributed by atoms with Gasteiger partial charge < -0.3 is 10.1 Å². The second-order valence-electron chi connectivity index (χ2n) is 5.74. The molecule has 21 heavy (non-hydrogen) atoms. The van der Waals surface area contributed by atoms with Crippen LogP contribution in [0, 0.1) is 23.2 Å². The van der Waals surface area contributed by atoms with Crippen molar-refractivity contribution in [2.24, 2.45) is 11.8 Å². The van der Waals surface area contributed by atoms with Gasteiger partial charge in [-0.3, -0.25) is 4.79 Å². The van der Waals surface area contributed by atoms with Crippen molar-refractivity contribution in [1.29, 1.82) is 5.26 Å². The van der Waals surface area contributed by atoms with Gasteiger partial charge in [0, 0.05) is 23.5 Å². The number of benzene rings is 1. The van der Waals surface area contributed by atoms with Gasteiger partial charge in [-0.15, -0.1) is 0 Å². The van der Waals surface area contributed by atoms with Gasteiger partial charge in [0.25, 0.3) is 0 Å². The van der Waals surface area contributed by atoms with Crippen LogP contribution in [0.2, 0.25) is 5.02 Å². The Morgan fingerprint density at radius 2 is 2.19 bits per heavy atom. The number of nitriles is 1. The van der Waals surface area contributed by atoms with Crippen molar-refractivity contribution in [2.75, 3.05) is 13.2 Å². The van der Waals surface area contributed by atoms with Crippen LogP contribution in [-0.2, 0) is 9.53 Å². The van der Waals surface area contributed by atoms with Gasteiger partial charge in [-0.2, -0.15) is 5.26 Å². The van der Waals surface area contributed by atoms with Crippen molar-refractivity contribution < 1.29 is 9.53 Å². The number of nitrogens with zero attached hydrogens (tertiary/aromatic N) is 1. The molecule has 0 radical (unpaired) electrons. The molecule has 4 atom stereocenters. The van der Waals surface area contributed by atoms with Gasteiger partial charge in [0.2, 0.25) is 5.91 Å². The van der Waals surface area contributed by atoms with Gasteiger partial charge in [0.1, 0.15) is 6.04 Å². The zero-order chi connectivity index (χ0) is 14.8. The monoisotopic (exact) mass is 304 g/mol. The van der Waals surface area contributed by atoms with Gasteiger partial charge in [-0.1, -0.05) is 23.7 Å². The van der Waals surface area contributed by atoms with Gasteiger partial charge in [-0.25, -0.2) is 0 Å². The van der Waals surface area contributed by atoms with E-state index < -0.39 is 6.04 Å². The number of nitrogens with one attached hydrogen (secondary N) is 1. The third-order valence-corrected chi connectivity index (χ3v) is 4.55. The zero-order valence-electron chi connectivity index (χ0n) is 11.6. The van der Waals surface area contributed by atoms with Crippen molar-refractivity contribution in [1.82, 2.24) is 5.32 Å². The predicted octanol–water partition coefficient (Wildman–Crippen LogP) is 2.49. The van der Waals surface area contributed by atoms with Crippen LogP contribution in [0.4, 0.5) is 0 Å². The molecule has 1 aromatic rings. The molecule has 3 rings (SSSR count). The fourth-order valence-electron chi connectivity index (χ4n) is 2.89. The summed E-state index contributed by atoms with van der Waals surface area (Å²) in [5, 5.41) is 12.8. The van der Waals surface area contributed by atoms with Crippen molar-refractivity contribution >= 4 is 17.5 Å². The molecule has 2 fully saturated rings. The lowest BCUT2D eigenvalue weighted by Gasteiger charge is -2.16. The minimum absolute atomic E-state index is 0.0200. The highest BCUT2D eigenvalue weighted by atomic mass is 35.5. The van der Waals surface area contributed by atoms with E-state index in [9.17, 15) is 10.1 Å². The number of carbonyl (C=O) groups is 1. The minimum atomic E-state index is -0.438. The first-order chi connectivity index (χ1) is 10.2. The first kappa shape index (κ1) is 14.4. The van der Waals surface area contributed by atoms with E-state index in [1.807, 2.05) is 24.3 Å². The van der Waals surface area contributed by atoms with Crippen molar-refractivity contribution in [3.63, 3.8) is 0 Å². The topological polar surface area (TPSA) is 62.1 Å². The summed E-state index contributed by atoms with van der Waals surface area (Å²) in [6.07, 6.45) is 1.68. The van der Waals surface area contributed by atoms with Crippen LogP contribution in [0.25, 0.3) is 0 Å². The summed E-state index contributed by atoms with van der Waals surface area (Å²) in [6.45, 7) is 1.24. The second kappa shape index (κ2) is 6.05. The van der Waals surface area contributed by atoms with Gasteiger partial charge in [0.05, 0.1) is 12.7 Å². The number of amides is 1. The Morgan fingerprint density at radius 1 is 1.43 bits per heavy atom. The number of rotatable bonds is 4. The van der Waals surface area contributed by atoms with Crippen LogP contribution in [0.1, 0.15) is 24.3 Å². The molecule has 4 nitrogen and oxygen atoms in total. The van der Waals surface area contributed by atoms with Crippen LogP contribution < -0.4 is 5.32 Å². The van der Waals surface area contributed by atoms with Gasteiger partial charge in [-0.05, 0) is 36.5 Å². The molecule has 1 saturated carbocycles. The van der Waals surface area contributed by atoms with Crippen molar-refractivity contribution in [2.45, 2.75) is 24.8 Å². The molecule has 1 heterocycles. The number of ether oxygens (including phenoxy) is 1. The maximum Gasteiger partial charge on any atom is 0.224 e. The van der Waals surface area contributed by atoms with E-state index in [1.54, 1.807) is 0 Å². The van der Waals surface area contributed by atoms with E-state index in [-0.39, 0.29) is 23.7 Å². The largest absolute Gasteiger partial charge is 0.381 e. The van der Waals surface area contributed by atoms with Gasteiger partial charge >= 0.3 is 0 Å². The fourth-order valence-corrected chi connectivity index (χ4v) is 3.02. The third-order valence-electron chi connectivity index (χ3n) is 4.30. The van der Waals surface area contributed by atoms with Crippen molar-refractivity contribution in [3.8, 4) is 6.07 Å². The molecule has 0 spiro atoms. The highest BCUT2D eigenvalue weighted by Gasteiger charge is 2.45. The third kappa shape index (κ3) is 3.20. The van der Waals surface area contributed by atoms with E-state index in [0.29, 0.717) is 18.2 Å². The normalized spacial score (nSPS) is 28.7. The van der Waals surface area contributed by atoms with Crippen LogP contribution in [0.5, 0.6) is 0 Å². The lowest BCUT2D eigenvalue weighted by molar-refractivity contribution is -0.123. The molecule has 1 aromatic carbocycles. The van der Waals surface area contributed by atoms with E-state index in [1.165, 1.54) is 0 Å². The van der Waals surface area contributed by atoms with Gasteiger partial charge in [0.15, 0.2) is 0 Å². The van der Waals surface area contributed by atoms with E-state index in [2.05, 4.69) is 11.4 Å². The Labute approximate surface area is 129 Å². The number of halogens is 1. The Bertz CT molecular complexity index is 561. The molecule has 1 aliphatic heterocycles. The molecule has 0 aromatic heterocycles. The first-order valence-electron chi connectivity index (χ1n) is 7.22. The minimum Gasteiger partial charge on any atom is -0.381 e. The Balaban J connectivity index is 1.57. The molecule has 1 aliphatic carbocycles. The fraction of sp³-hybridized carbons (Fsp3) is 0.500. The Morgan fingerprint density at radius 3 is 2.81 bits per heavy atom. The van der Waals surface area contributed by atoms with E-state index in [4.69, 9.17) is 16.3 Å². The summed E-state index contributed by atoms with van der Waals surface area (Å²) in [5.74, 6) is 0.325. The Kier molecular flexibility index (Phi) is 4.14. The molecule has 110 valence electrons. The molecule has 1 saturated heterocycles. The number of carbonyl (C=O) groups excluding carboxylic acids is 1. The maximum atomic E-state index is 12.3. The first-order valence-corrected chi connectivity index (χ1v) is 7.60. The van der Waals surface area contributed by atoms with Crippen molar-refractivity contribution in [3.05, 3.63) is 34.9 Å². The average Bonchev–Trinajstić information content (AvgIpc) is 3.11. The summed E-state index contributed by atoms with van der Waals surface area (Å²) in [4.78, 5) is 12.3. The molecule has 4 unspecified atom stereocenters. The lowest BCUT2D eigenvalue weighted by atomic mass is 10.00. The van der Waals surface area contributed by atoms with Crippen LogP contribution in [0.3, 0.4) is 0 Å². The molecule has 1 amide bonds. The second-order valence-corrected chi connectivity index (χ2v) is 6.18. The molecule has 0 bridgehead atoms. The smallest absolute Gasteiger partial charge is 0.224 e. The van der Waals surface area contributed by atoms with E-state index >= 15 is 0 Å². The summed E-state index contributed by atoms with van der Waals surface area (Å²) >= 11 is 5.87. The van der Waals surface area contributed by atoms with Crippen LogP contribution >= 0.6 is 11.6 Å². The highest BCUT2D eigenvalue weighted by molar-refractivity contribution is 6.30. The standard InChI is InChI=1S/C16H17ClN2O2/c17-12-3-1-10(2-4-12)13-7-14(13)16(20)19-15(8-18)11-5-6-21-9-11/h1-4,11,13-15H,5-7,9H2,(H,19,20). The molecular formula is C16H17ClN2O2. The predicted molar refractivity (Wildman–Crippen MR) is 78.8 cm³/mol. The lowest BCUT2D eigenvalue weighted by Crippen LogP contribution is -2.40. The summed E-state index contributed by atoms with van der Waals surface area (Å²) in [5.41, 5.74) is 1.14. The molecule has 2 aliphatic rings. The number of hydrogen-bond donors (Lipinski definition) is 1. The highest BCUT2D eigenvalue weighted by Crippen LogP contribution is 2.47. The quantitative estimate of drug-likeness (QED) is 0.929. The summed E-state index contributed by atoms with van der Waals surface area (Å²) in [7, 11) is 0. The molecular weight excluding hydrogens is 288 g/mol. The SMILES string of the molecule is N#CC(NC(=O)C1CC1c1ccc(Cl)cc1)C1CCOC1. The maximum absolute atomic E-state index is 12.3. The molecule has 1 N–H and O–H groups in total. The zero-order valence-corrected chi connectivity index (χ0v) is 12.3. The summed E-state index contributed by atoms with van der Waals surface area (Å²) in [6, 6.07) is 9.37. The van der Waals surface area contributed by atoms with Crippen LogP contribution in [-0.4, -0.2) is 25.2 Å². The average molecular weight is 305 g/mol. The Hall–Kier alpha value is -1.57. The van der Waals surface area contributed by atoms with Crippen LogP contribution in [0.15, 0.2) is 24.3 Å².